The lowest BCUT2D eigenvalue weighted by atomic mass is 9.91. The van der Waals surface area contributed by atoms with E-state index in [4.69, 9.17) is 11.5 Å². The molecule has 0 radical (unpaired) electrons. The molecule has 2 atom stereocenters. The third-order valence-electron chi connectivity index (χ3n) is 6.24. The molecule has 32 heavy (non-hydrogen) atoms. The zero-order chi connectivity index (χ0) is 22.7. The van der Waals surface area contributed by atoms with E-state index < -0.39 is 11.7 Å². The van der Waals surface area contributed by atoms with Gasteiger partial charge >= 0.3 is 0 Å². The first-order valence-electron chi connectivity index (χ1n) is 11.1. The standard InChI is InChI=1S/C22H31FN8O/c1-30-6-8-31(9-7-30)15-10-14(12-26-13-15)27-21-16(20(25)32)11-17(23)22(29-21)28-19-5-3-2-4-18(19)24/h10-13,18-19H,2-9,24H2,1H3,(H2,25,32)(H2,27,28,29). The van der Waals surface area contributed by atoms with E-state index in [1.165, 1.54) is 0 Å². The Hall–Kier alpha value is -2.98. The maximum absolute atomic E-state index is 14.7. The number of carbonyl (C=O) groups excluding carboxylic acids is 1. The molecule has 0 aromatic carbocycles. The highest BCUT2D eigenvalue weighted by Crippen LogP contribution is 2.28. The minimum Gasteiger partial charge on any atom is -0.368 e. The summed E-state index contributed by atoms with van der Waals surface area (Å²) in [5.74, 6) is -1.15. The van der Waals surface area contributed by atoms with Crippen LogP contribution in [0.15, 0.2) is 24.5 Å². The molecule has 10 heteroatoms. The predicted octanol–water partition coefficient (Wildman–Crippen LogP) is 1.89. The minimum absolute atomic E-state index is 0.0222. The van der Waals surface area contributed by atoms with Crippen LogP contribution in [-0.2, 0) is 0 Å². The Morgan fingerprint density at radius 1 is 1.12 bits per heavy atom. The molecule has 1 saturated heterocycles. The molecule has 1 aliphatic heterocycles. The van der Waals surface area contributed by atoms with Gasteiger partial charge in [0, 0.05) is 38.3 Å². The Bertz CT molecular complexity index is 963. The molecule has 1 saturated carbocycles. The lowest BCUT2D eigenvalue weighted by Gasteiger charge is -2.34. The zero-order valence-corrected chi connectivity index (χ0v) is 18.4. The van der Waals surface area contributed by atoms with Crippen molar-refractivity contribution >= 4 is 28.9 Å². The van der Waals surface area contributed by atoms with Crippen molar-refractivity contribution in [2.24, 2.45) is 11.5 Å². The maximum Gasteiger partial charge on any atom is 0.252 e. The number of amides is 1. The highest BCUT2D eigenvalue weighted by Gasteiger charge is 2.24. The van der Waals surface area contributed by atoms with Gasteiger partial charge in [0.05, 0.1) is 29.3 Å². The molecule has 2 aromatic heterocycles. The fourth-order valence-electron chi connectivity index (χ4n) is 4.26. The summed E-state index contributed by atoms with van der Waals surface area (Å²) < 4.78 is 14.7. The van der Waals surface area contributed by atoms with Crippen molar-refractivity contribution < 1.29 is 9.18 Å². The molecule has 9 nitrogen and oxygen atoms in total. The summed E-state index contributed by atoms with van der Waals surface area (Å²) >= 11 is 0. The first-order valence-corrected chi connectivity index (χ1v) is 11.1. The molecule has 0 bridgehead atoms. The van der Waals surface area contributed by atoms with E-state index in [0.717, 1.165) is 63.6 Å². The number of anilines is 4. The number of nitrogens with zero attached hydrogens (tertiary/aromatic N) is 4. The van der Waals surface area contributed by atoms with Crippen molar-refractivity contribution in [2.45, 2.75) is 37.8 Å². The SMILES string of the molecule is CN1CCN(c2cncc(Nc3nc(NC4CCCCC4N)c(F)cc3C(N)=O)c2)CC1. The lowest BCUT2D eigenvalue weighted by Crippen LogP contribution is -2.44. The van der Waals surface area contributed by atoms with Gasteiger partial charge in [-0.3, -0.25) is 9.78 Å². The number of halogens is 1. The van der Waals surface area contributed by atoms with E-state index in [1.807, 2.05) is 6.07 Å². The van der Waals surface area contributed by atoms with E-state index in [0.29, 0.717) is 5.69 Å². The summed E-state index contributed by atoms with van der Waals surface area (Å²) in [7, 11) is 2.10. The minimum atomic E-state index is -0.761. The molecule has 1 aliphatic carbocycles. The normalized spacial score (nSPS) is 21.9. The van der Waals surface area contributed by atoms with Crippen molar-refractivity contribution in [3.63, 3.8) is 0 Å². The van der Waals surface area contributed by atoms with E-state index in [-0.39, 0.29) is 29.3 Å². The number of carbonyl (C=O) groups is 1. The van der Waals surface area contributed by atoms with E-state index >= 15 is 0 Å². The molecule has 3 heterocycles. The monoisotopic (exact) mass is 442 g/mol. The van der Waals surface area contributed by atoms with Gasteiger partial charge in [-0.1, -0.05) is 12.8 Å². The van der Waals surface area contributed by atoms with Gasteiger partial charge in [0.2, 0.25) is 0 Å². The van der Waals surface area contributed by atoms with Crippen LogP contribution < -0.4 is 27.0 Å². The number of aromatic nitrogens is 2. The molecule has 2 aromatic rings. The van der Waals surface area contributed by atoms with Gasteiger partial charge < -0.3 is 31.9 Å². The summed E-state index contributed by atoms with van der Waals surface area (Å²) in [5.41, 5.74) is 13.3. The van der Waals surface area contributed by atoms with Crippen LogP contribution in [0, 0.1) is 5.82 Å². The number of primary amides is 1. The molecule has 4 rings (SSSR count). The predicted molar refractivity (Wildman–Crippen MR) is 124 cm³/mol. The molecule has 2 unspecified atom stereocenters. The van der Waals surface area contributed by atoms with Crippen LogP contribution in [0.4, 0.5) is 27.4 Å². The summed E-state index contributed by atoms with van der Waals surface area (Å²) in [6, 6.07) is 2.92. The average Bonchev–Trinajstić information content (AvgIpc) is 2.78. The topological polar surface area (TPSA) is 125 Å². The lowest BCUT2D eigenvalue weighted by molar-refractivity contribution is 0.100. The number of rotatable bonds is 6. The van der Waals surface area contributed by atoms with Crippen LogP contribution in [0.25, 0.3) is 0 Å². The first-order chi connectivity index (χ1) is 15.4. The Morgan fingerprint density at radius 3 is 2.59 bits per heavy atom. The van der Waals surface area contributed by atoms with E-state index in [9.17, 15) is 9.18 Å². The maximum atomic E-state index is 14.7. The molecular weight excluding hydrogens is 411 g/mol. The van der Waals surface area contributed by atoms with Crippen LogP contribution in [0.5, 0.6) is 0 Å². The first kappa shape index (κ1) is 22.2. The van der Waals surface area contributed by atoms with Crippen LogP contribution in [0.3, 0.4) is 0 Å². The van der Waals surface area contributed by atoms with Gasteiger partial charge in [-0.2, -0.15) is 0 Å². The van der Waals surface area contributed by atoms with Crippen LogP contribution in [0.1, 0.15) is 36.0 Å². The van der Waals surface area contributed by atoms with Crippen molar-refractivity contribution in [2.75, 3.05) is 48.8 Å². The van der Waals surface area contributed by atoms with Crippen molar-refractivity contribution in [1.82, 2.24) is 14.9 Å². The summed E-state index contributed by atoms with van der Waals surface area (Å²) in [6.07, 6.45) is 7.27. The van der Waals surface area contributed by atoms with Crippen molar-refractivity contribution in [1.29, 1.82) is 0 Å². The highest BCUT2D eigenvalue weighted by molar-refractivity contribution is 5.98. The second kappa shape index (κ2) is 9.66. The largest absolute Gasteiger partial charge is 0.368 e. The van der Waals surface area contributed by atoms with E-state index in [2.05, 4.69) is 37.4 Å². The average molecular weight is 443 g/mol. The number of hydrogen-bond acceptors (Lipinski definition) is 8. The number of piperazine rings is 1. The zero-order valence-electron chi connectivity index (χ0n) is 18.4. The number of nitrogens with one attached hydrogen (secondary N) is 2. The van der Waals surface area contributed by atoms with Gasteiger partial charge in [0.15, 0.2) is 11.6 Å². The van der Waals surface area contributed by atoms with Crippen LogP contribution in [-0.4, -0.2) is 66.1 Å². The molecule has 1 amide bonds. The second-order valence-corrected chi connectivity index (χ2v) is 8.63. The van der Waals surface area contributed by atoms with Crippen LogP contribution >= 0.6 is 0 Å². The Morgan fingerprint density at radius 2 is 1.88 bits per heavy atom. The van der Waals surface area contributed by atoms with E-state index in [1.54, 1.807) is 12.4 Å². The van der Waals surface area contributed by atoms with Gasteiger partial charge in [-0.25, -0.2) is 9.37 Å². The molecule has 2 aliphatic rings. The van der Waals surface area contributed by atoms with Crippen molar-refractivity contribution in [3.05, 3.63) is 35.9 Å². The molecule has 6 N–H and O–H groups in total. The third-order valence-corrected chi connectivity index (χ3v) is 6.24. The van der Waals surface area contributed by atoms with Gasteiger partial charge in [0.25, 0.3) is 5.91 Å². The molecule has 2 fully saturated rings. The fourth-order valence-corrected chi connectivity index (χ4v) is 4.26. The highest BCUT2D eigenvalue weighted by atomic mass is 19.1. The third kappa shape index (κ3) is 5.08. The fraction of sp³-hybridized carbons (Fsp3) is 0.500. The Balaban J connectivity index is 1.58. The molecular formula is C22H31FN8O. The molecule has 172 valence electrons. The number of nitrogens with two attached hydrogens (primary N) is 2. The Kier molecular flexibility index (Phi) is 6.71. The smallest absolute Gasteiger partial charge is 0.252 e. The van der Waals surface area contributed by atoms with Crippen molar-refractivity contribution in [3.8, 4) is 0 Å². The van der Waals surface area contributed by atoms with Gasteiger partial charge in [0.1, 0.15) is 5.82 Å². The summed E-state index contributed by atoms with van der Waals surface area (Å²) in [6.45, 7) is 3.75. The number of hydrogen-bond donors (Lipinski definition) is 4. The van der Waals surface area contributed by atoms with Crippen LogP contribution in [0.2, 0.25) is 0 Å². The summed E-state index contributed by atoms with van der Waals surface area (Å²) in [4.78, 5) is 25.2. The van der Waals surface area contributed by atoms with Gasteiger partial charge in [-0.15, -0.1) is 0 Å². The second-order valence-electron chi connectivity index (χ2n) is 8.63. The van der Waals surface area contributed by atoms with Gasteiger partial charge in [-0.05, 0) is 32.0 Å². The quantitative estimate of drug-likeness (QED) is 0.534. The molecule has 0 spiro atoms. The number of pyridine rings is 2. The number of likely N-dealkylation sites (N-methyl/N-ethyl adjacent to an activating group) is 1. The Labute approximate surface area is 187 Å². The summed E-state index contributed by atoms with van der Waals surface area (Å²) in [5, 5.41) is 6.24.